The highest BCUT2D eigenvalue weighted by Crippen LogP contribution is 2.20. The summed E-state index contributed by atoms with van der Waals surface area (Å²) in [5, 5.41) is 0. The van der Waals surface area contributed by atoms with E-state index in [9.17, 15) is 9.59 Å². The molecule has 1 rings (SSSR count). The quantitative estimate of drug-likeness (QED) is 0.589. The molecular weight excluding hydrogens is 232 g/mol. The molecule has 0 aliphatic rings. The van der Waals surface area contributed by atoms with Gasteiger partial charge in [0.1, 0.15) is 0 Å². The van der Waals surface area contributed by atoms with Gasteiger partial charge in [0.25, 0.3) is 0 Å². The molecule has 0 radical (unpaired) electrons. The summed E-state index contributed by atoms with van der Waals surface area (Å²) >= 11 is 3.23. The minimum atomic E-state index is 0.00986. The zero-order valence-electron chi connectivity index (χ0n) is 7.43. The average molecular weight is 241 g/mol. The average Bonchev–Trinajstić information content (AvgIpc) is 2.07. The van der Waals surface area contributed by atoms with E-state index in [0.29, 0.717) is 15.6 Å². The molecule has 3 heteroatoms. The third-order valence-electron chi connectivity index (χ3n) is 1.85. The number of carbonyl (C=O) groups excluding carboxylic acids is 2. The van der Waals surface area contributed by atoms with Crippen molar-refractivity contribution < 1.29 is 9.59 Å². The van der Waals surface area contributed by atoms with Gasteiger partial charge in [-0.05, 0) is 31.5 Å². The number of hydrogen-bond acceptors (Lipinski definition) is 2. The molecular formula is C10H9BrO2. The van der Waals surface area contributed by atoms with E-state index in [1.807, 2.05) is 6.92 Å². The third kappa shape index (κ3) is 2.04. The van der Waals surface area contributed by atoms with E-state index in [4.69, 9.17) is 0 Å². The van der Waals surface area contributed by atoms with E-state index < -0.39 is 0 Å². The number of halogens is 1. The predicted molar refractivity (Wildman–Crippen MR) is 54.3 cm³/mol. The summed E-state index contributed by atoms with van der Waals surface area (Å²) in [5.74, 6) is 0.00986. The molecule has 0 fully saturated rings. The van der Waals surface area contributed by atoms with E-state index in [2.05, 4.69) is 15.9 Å². The van der Waals surface area contributed by atoms with Crippen LogP contribution in [0.1, 0.15) is 33.2 Å². The minimum Gasteiger partial charge on any atom is -0.298 e. The Labute approximate surface area is 85.1 Å². The molecule has 13 heavy (non-hydrogen) atoms. The molecule has 0 aliphatic heterocycles. The van der Waals surface area contributed by atoms with Gasteiger partial charge >= 0.3 is 0 Å². The van der Waals surface area contributed by atoms with Crippen LogP contribution in [0.25, 0.3) is 0 Å². The van der Waals surface area contributed by atoms with Crippen LogP contribution < -0.4 is 0 Å². The smallest absolute Gasteiger partial charge is 0.160 e. The van der Waals surface area contributed by atoms with Crippen LogP contribution in [-0.2, 0) is 0 Å². The number of Topliss-reactive ketones (excluding diaryl/α,β-unsaturated/α-hetero) is 1. The molecule has 0 unspecified atom stereocenters. The zero-order chi connectivity index (χ0) is 10.0. The van der Waals surface area contributed by atoms with Gasteiger partial charge in [0.2, 0.25) is 0 Å². The monoisotopic (exact) mass is 240 g/mol. The first-order valence-electron chi connectivity index (χ1n) is 3.82. The Balaban J connectivity index is 3.36. The molecule has 0 amide bonds. The lowest BCUT2D eigenvalue weighted by Gasteiger charge is -2.04. The predicted octanol–water partition coefficient (Wildman–Crippen LogP) is 2.77. The van der Waals surface area contributed by atoms with Crippen molar-refractivity contribution >= 4 is 28.0 Å². The van der Waals surface area contributed by atoms with Crippen LogP contribution >= 0.6 is 15.9 Å². The van der Waals surface area contributed by atoms with Gasteiger partial charge in [-0.3, -0.25) is 9.59 Å². The molecule has 0 heterocycles. The molecule has 0 aliphatic carbocycles. The summed E-state index contributed by atoms with van der Waals surface area (Å²) in [6, 6.07) is 3.38. The highest BCUT2D eigenvalue weighted by molar-refractivity contribution is 9.10. The molecule has 0 spiro atoms. The second kappa shape index (κ2) is 3.83. The second-order valence-corrected chi connectivity index (χ2v) is 3.72. The maximum Gasteiger partial charge on any atom is 0.160 e. The summed E-state index contributed by atoms with van der Waals surface area (Å²) in [4.78, 5) is 21.7. The van der Waals surface area contributed by atoms with Crippen LogP contribution in [0.4, 0.5) is 0 Å². The van der Waals surface area contributed by atoms with Gasteiger partial charge in [-0.1, -0.05) is 15.9 Å². The molecule has 0 saturated carbocycles. The Morgan fingerprint density at radius 3 is 2.54 bits per heavy atom. The maximum atomic E-state index is 11.1. The highest BCUT2D eigenvalue weighted by Gasteiger charge is 2.07. The largest absolute Gasteiger partial charge is 0.298 e. The topological polar surface area (TPSA) is 34.1 Å². The molecule has 0 N–H and O–H groups in total. The van der Waals surface area contributed by atoms with Gasteiger partial charge in [0.15, 0.2) is 12.1 Å². The Morgan fingerprint density at radius 1 is 1.46 bits per heavy atom. The first kappa shape index (κ1) is 10.1. The number of aryl methyl sites for hydroxylation is 1. The molecule has 0 saturated heterocycles. The van der Waals surface area contributed by atoms with Gasteiger partial charge in [-0.15, -0.1) is 0 Å². The molecule has 0 atom stereocenters. The van der Waals surface area contributed by atoms with Crippen molar-refractivity contribution in [2.45, 2.75) is 13.8 Å². The first-order chi connectivity index (χ1) is 6.06. The summed E-state index contributed by atoms with van der Waals surface area (Å²) in [7, 11) is 0. The number of hydrogen-bond donors (Lipinski definition) is 0. The Hall–Kier alpha value is -0.960. The van der Waals surface area contributed by atoms with E-state index >= 15 is 0 Å². The number of benzene rings is 1. The number of ketones is 1. The number of rotatable bonds is 2. The third-order valence-corrected chi connectivity index (χ3v) is 2.54. The molecule has 0 aromatic heterocycles. The Bertz CT molecular complexity index is 369. The maximum absolute atomic E-state index is 11.1. The lowest BCUT2D eigenvalue weighted by atomic mass is 10.0. The molecule has 1 aromatic rings. The van der Waals surface area contributed by atoms with Crippen LogP contribution in [0, 0.1) is 6.92 Å². The van der Waals surface area contributed by atoms with Crippen LogP contribution in [0.5, 0.6) is 0 Å². The van der Waals surface area contributed by atoms with Crippen molar-refractivity contribution in [1.82, 2.24) is 0 Å². The van der Waals surface area contributed by atoms with E-state index in [1.165, 1.54) is 6.92 Å². The van der Waals surface area contributed by atoms with E-state index in [-0.39, 0.29) is 5.78 Å². The normalized spacial score (nSPS) is 9.77. The number of aldehydes is 1. The molecule has 68 valence electrons. The lowest BCUT2D eigenvalue weighted by molar-refractivity contribution is 0.101. The van der Waals surface area contributed by atoms with Gasteiger partial charge in [-0.25, -0.2) is 0 Å². The lowest BCUT2D eigenvalue weighted by Crippen LogP contribution is -1.98. The second-order valence-electron chi connectivity index (χ2n) is 2.86. The fourth-order valence-electron chi connectivity index (χ4n) is 1.17. The molecule has 1 aromatic carbocycles. The van der Waals surface area contributed by atoms with Gasteiger partial charge < -0.3 is 0 Å². The van der Waals surface area contributed by atoms with Gasteiger partial charge in [0.05, 0.1) is 0 Å². The molecule has 0 bridgehead atoms. The summed E-state index contributed by atoms with van der Waals surface area (Å²) in [6.07, 6.45) is 0.765. The fraction of sp³-hybridized carbons (Fsp3) is 0.200. The summed E-state index contributed by atoms with van der Waals surface area (Å²) < 4.78 is 0.665. The SMILES string of the molecule is CC(=O)c1cc(Br)c(C=O)cc1C. The Morgan fingerprint density at radius 2 is 2.08 bits per heavy atom. The van der Waals surface area contributed by atoms with Crippen LogP contribution in [0.2, 0.25) is 0 Å². The summed E-state index contributed by atoms with van der Waals surface area (Å²) in [6.45, 7) is 3.32. The van der Waals surface area contributed by atoms with Crippen molar-refractivity contribution in [2.75, 3.05) is 0 Å². The first-order valence-corrected chi connectivity index (χ1v) is 4.62. The van der Waals surface area contributed by atoms with E-state index in [0.717, 1.165) is 11.8 Å². The fourth-order valence-corrected chi connectivity index (χ4v) is 1.61. The zero-order valence-corrected chi connectivity index (χ0v) is 9.01. The standard InChI is InChI=1S/C10H9BrO2/c1-6-3-8(5-12)10(11)4-9(6)7(2)13/h3-5H,1-2H3. The van der Waals surface area contributed by atoms with Gasteiger partial charge in [-0.2, -0.15) is 0 Å². The van der Waals surface area contributed by atoms with Crippen molar-refractivity contribution in [3.8, 4) is 0 Å². The minimum absolute atomic E-state index is 0.00986. The van der Waals surface area contributed by atoms with Crippen molar-refractivity contribution in [2.24, 2.45) is 0 Å². The summed E-state index contributed by atoms with van der Waals surface area (Å²) in [5.41, 5.74) is 2.05. The van der Waals surface area contributed by atoms with Crippen molar-refractivity contribution in [3.05, 3.63) is 33.3 Å². The highest BCUT2D eigenvalue weighted by atomic mass is 79.9. The van der Waals surface area contributed by atoms with Crippen molar-refractivity contribution in [3.63, 3.8) is 0 Å². The molecule has 2 nitrogen and oxygen atoms in total. The van der Waals surface area contributed by atoms with Crippen LogP contribution in [0.3, 0.4) is 0 Å². The van der Waals surface area contributed by atoms with E-state index in [1.54, 1.807) is 12.1 Å². The van der Waals surface area contributed by atoms with Crippen LogP contribution in [-0.4, -0.2) is 12.1 Å². The van der Waals surface area contributed by atoms with Crippen LogP contribution in [0.15, 0.2) is 16.6 Å². The Kier molecular flexibility index (Phi) is 2.98. The van der Waals surface area contributed by atoms with Gasteiger partial charge in [0, 0.05) is 15.6 Å². The number of carbonyl (C=O) groups is 2. The van der Waals surface area contributed by atoms with Crippen molar-refractivity contribution in [1.29, 1.82) is 0 Å².